The Balaban J connectivity index is 1.26. The van der Waals surface area contributed by atoms with Gasteiger partial charge in [-0.3, -0.25) is 4.79 Å². The molecular formula is C20H26N4O3. The van der Waals surface area contributed by atoms with Crippen LogP contribution in [0.5, 0.6) is 11.5 Å². The molecule has 4 rings (SSSR count). The van der Waals surface area contributed by atoms with Crippen LogP contribution >= 0.6 is 0 Å². The van der Waals surface area contributed by atoms with Gasteiger partial charge in [0.2, 0.25) is 12.7 Å². The summed E-state index contributed by atoms with van der Waals surface area (Å²) >= 11 is 0. The fourth-order valence-electron chi connectivity index (χ4n) is 3.78. The highest BCUT2D eigenvalue weighted by molar-refractivity contribution is 5.89. The molecule has 1 amide bonds. The highest BCUT2D eigenvalue weighted by Gasteiger charge is 2.20. The molecule has 0 atom stereocenters. The summed E-state index contributed by atoms with van der Waals surface area (Å²) in [5, 5.41) is 7.42. The molecule has 1 saturated carbocycles. The van der Waals surface area contributed by atoms with Crippen LogP contribution in [0.4, 0.5) is 5.82 Å². The average Bonchev–Trinajstić information content (AvgIpc) is 3.40. The maximum absolute atomic E-state index is 12.4. The molecule has 0 radical (unpaired) electrons. The molecule has 1 fully saturated rings. The average molecular weight is 370 g/mol. The molecule has 1 aromatic heterocycles. The first kappa shape index (κ1) is 17.9. The van der Waals surface area contributed by atoms with Gasteiger partial charge in [0.25, 0.3) is 0 Å². The Bertz CT molecular complexity index is 798. The Labute approximate surface area is 159 Å². The summed E-state index contributed by atoms with van der Waals surface area (Å²) in [6.07, 6.45) is 6.97. The minimum absolute atomic E-state index is 0.0206. The zero-order valence-corrected chi connectivity index (χ0v) is 15.7. The van der Waals surface area contributed by atoms with Gasteiger partial charge in [-0.1, -0.05) is 18.9 Å². The summed E-state index contributed by atoms with van der Waals surface area (Å²) in [5.41, 5.74) is 1.14. The smallest absolute Gasteiger partial charge is 0.231 e. The Morgan fingerprint density at radius 3 is 2.93 bits per heavy atom. The van der Waals surface area contributed by atoms with Crippen molar-refractivity contribution in [1.82, 2.24) is 14.7 Å². The molecule has 1 N–H and O–H groups in total. The number of carbonyl (C=O) groups is 1. The number of nitrogens with zero attached hydrogens (tertiary/aromatic N) is 3. The van der Waals surface area contributed by atoms with E-state index in [0.717, 1.165) is 42.3 Å². The summed E-state index contributed by atoms with van der Waals surface area (Å²) in [7, 11) is 2.01. The van der Waals surface area contributed by atoms with Gasteiger partial charge in [0.15, 0.2) is 11.5 Å². The molecule has 7 nitrogen and oxygen atoms in total. The van der Waals surface area contributed by atoms with Crippen LogP contribution in [0.25, 0.3) is 0 Å². The minimum atomic E-state index is 0.0206. The van der Waals surface area contributed by atoms with Crippen LogP contribution in [0, 0.1) is 0 Å². The van der Waals surface area contributed by atoms with Crippen molar-refractivity contribution in [3.63, 3.8) is 0 Å². The Morgan fingerprint density at radius 2 is 2.07 bits per heavy atom. The van der Waals surface area contributed by atoms with Crippen molar-refractivity contribution < 1.29 is 14.3 Å². The molecule has 2 aromatic rings. The van der Waals surface area contributed by atoms with Crippen molar-refractivity contribution in [3.05, 3.63) is 36.0 Å². The third kappa shape index (κ3) is 4.24. The lowest BCUT2D eigenvalue weighted by Crippen LogP contribution is -2.25. The maximum atomic E-state index is 12.4. The SMILES string of the molecule is CN(CCC(=O)Nc1ccnn1C1CCCC1)Cc1ccc2c(c1)OCO2. The van der Waals surface area contributed by atoms with Crippen molar-refractivity contribution >= 4 is 11.7 Å². The van der Waals surface area contributed by atoms with Crippen LogP contribution in [0.1, 0.15) is 43.7 Å². The molecule has 7 heteroatoms. The second kappa shape index (κ2) is 8.00. The Morgan fingerprint density at radius 1 is 1.26 bits per heavy atom. The van der Waals surface area contributed by atoms with E-state index in [0.29, 0.717) is 19.0 Å². The minimum Gasteiger partial charge on any atom is -0.454 e. The zero-order valence-electron chi connectivity index (χ0n) is 15.7. The molecule has 2 heterocycles. The lowest BCUT2D eigenvalue weighted by molar-refractivity contribution is -0.116. The van der Waals surface area contributed by atoms with Gasteiger partial charge in [-0.05, 0) is 37.6 Å². The summed E-state index contributed by atoms with van der Waals surface area (Å²) in [6.45, 7) is 1.72. The molecule has 0 bridgehead atoms. The van der Waals surface area contributed by atoms with Crippen LogP contribution in [-0.2, 0) is 11.3 Å². The number of hydrogen-bond acceptors (Lipinski definition) is 5. The molecule has 1 aliphatic heterocycles. The fraction of sp³-hybridized carbons (Fsp3) is 0.500. The van der Waals surface area contributed by atoms with Gasteiger partial charge in [0, 0.05) is 25.6 Å². The predicted octanol–water partition coefficient (Wildman–Crippen LogP) is 3.19. The first-order valence-corrected chi connectivity index (χ1v) is 9.59. The van der Waals surface area contributed by atoms with Crippen molar-refractivity contribution in [1.29, 1.82) is 0 Å². The quantitative estimate of drug-likeness (QED) is 0.811. The molecule has 0 saturated heterocycles. The summed E-state index contributed by atoms with van der Waals surface area (Å²) in [4.78, 5) is 14.5. The number of hydrogen-bond donors (Lipinski definition) is 1. The second-order valence-electron chi connectivity index (χ2n) is 7.32. The van der Waals surface area contributed by atoms with E-state index in [1.807, 2.05) is 36.0 Å². The van der Waals surface area contributed by atoms with E-state index in [2.05, 4.69) is 15.3 Å². The number of anilines is 1. The normalized spacial score (nSPS) is 16.2. The lowest BCUT2D eigenvalue weighted by atomic mass is 10.2. The molecule has 2 aliphatic rings. The molecule has 0 unspecified atom stereocenters. The van der Waals surface area contributed by atoms with Gasteiger partial charge >= 0.3 is 0 Å². The Hall–Kier alpha value is -2.54. The maximum Gasteiger partial charge on any atom is 0.231 e. The number of fused-ring (bicyclic) bond motifs is 1. The van der Waals surface area contributed by atoms with E-state index < -0.39 is 0 Å². The first-order valence-electron chi connectivity index (χ1n) is 9.59. The molecular weight excluding hydrogens is 344 g/mol. The highest BCUT2D eigenvalue weighted by atomic mass is 16.7. The van der Waals surface area contributed by atoms with Gasteiger partial charge in [-0.25, -0.2) is 4.68 Å². The van der Waals surface area contributed by atoms with Crippen LogP contribution in [0.3, 0.4) is 0 Å². The molecule has 144 valence electrons. The van der Waals surface area contributed by atoms with Crippen molar-refractivity contribution in [2.24, 2.45) is 0 Å². The number of rotatable bonds is 7. The molecule has 27 heavy (non-hydrogen) atoms. The number of nitrogens with one attached hydrogen (secondary N) is 1. The number of aromatic nitrogens is 2. The van der Waals surface area contributed by atoms with Crippen LogP contribution in [0.15, 0.2) is 30.5 Å². The summed E-state index contributed by atoms with van der Waals surface area (Å²) in [5.74, 6) is 2.41. The third-order valence-electron chi connectivity index (χ3n) is 5.22. The largest absolute Gasteiger partial charge is 0.454 e. The van der Waals surface area contributed by atoms with E-state index in [-0.39, 0.29) is 12.7 Å². The molecule has 1 aromatic carbocycles. The number of benzene rings is 1. The number of ether oxygens (including phenoxy) is 2. The van der Waals surface area contributed by atoms with E-state index in [1.165, 1.54) is 12.8 Å². The first-order chi connectivity index (χ1) is 13.2. The van der Waals surface area contributed by atoms with E-state index in [9.17, 15) is 4.79 Å². The molecule has 1 aliphatic carbocycles. The van der Waals surface area contributed by atoms with Gasteiger partial charge in [0.05, 0.1) is 12.2 Å². The third-order valence-corrected chi connectivity index (χ3v) is 5.22. The zero-order chi connectivity index (χ0) is 18.6. The number of amides is 1. The van der Waals surface area contributed by atoms with E-state index >= 15 is 0 Å². The van der Waals surface area contributed by atoms with Gasteiger partial charge in [0.1, 0.15) is 5.82 Å². The Kier molecular flexibility index (Phi) is 5.29. The topological polar surface area (TPSA) is 68.6 Å². The summed E-state index contributed by atoms with van der Waals surface area (Å²) < 4.78 is 12.7. The standard InChI is InChI=1S/C20H26N4O3/c1-23(13-15-6-7-17-18(12-15)27-14-26-17)11-9-20(25)22-19-8-10-21-24(19)16-4-2-3-5-16/h6-8,10,12,16H,2-5,9,11,13-14H2,1H3,(H,22,25). The second-order valence-corrected chi connectivity index (χ2v) is 7.32. The number of carbonyl (C=O) groups excluding carboxylic acids is 1. The lowest BCUT2D eigenvalue weighted by Gasteiger charge is -2.18. The fourth-order valence-corrected chi connectivity index (χ4v) is 3.78. The molecule has 0 spiro atoms. The van der Waals surface area contributed by atoms with Crippen molar-refractivity contribution in [3.8, 4) is 11.5 Å². The van der Waals surface area contributed by atoms with E-state index in [1.54, 1.807) is 6.20 Å². The van der Waals surface area contributed by atoms with Crippen molar-refractivity contribution in [2.45, 2.75) is 44.7 Å². The van der Waals surface area contributed by atoms with Gasteiger partial charge in [-0.15, -0.1) is 0 Å². The van der Waals surface area contributed by atoms with E-state index in [4.69, 9.17) is 9.47 Å². The monoisotopic (exact) mass is 370 g/mol. The van der Waals surface area contributed by atoms with Gasteiger partial charge < -0.3 is 19.7 Å². The summed E-state index contributed by atoms with van der Waals surface area (Å²) in [6, 6.07) is 8.27. The highest BCUT2D eigenvalue weighted by Crippen LogP contribution is 2.33. The van der Waals surface area contributed by atoms with Gasteiger partial charge in [-0.2, -0.15) is 5.10 Å². The van der Waals surface area contributed by atoms with Crippen LogP contribution < -0.4 is 14.8 Å². The van der Waals surface area contributed by atoms with Crippen LogP contribution in [-0.4, -0.2) is 41.0 Å². The predicted molar refractivity (Wildman–Crippen MR) is 102 cm³/mol. The van der Waals surface area contributed by atoms with Crippen LogP contribution in [0.2, 0.25) is 0 Å². The van der Waals surface area contributed by atoms with Crippen molar-refractivity contribution in [2.75, 3.05) is 25.7 Å².